The fourth-order valence-corrected chi connectivity index (χ4v) is 5.73. The van der Waals surface area contributed by atoms with Gasteiger partial charge >= 0.3 is 44.9 Å². The van der Waals surface area contributed by atoms with E-state index >= 15 is 0 Å². The van der Waals surface area contributed by atoms with E-state index < -0.39 is 88.4 Å². The second-order valence-electron chi connectivity index (χ2n) is 11.1. The molecule has 0 saturated carbocycles. The minimum Gasteiger partial charge on any atom is -0.493 e. The van der Waals surface area contributed by atoms with E-state index in [1.165, 1.54) is 0 Å². The minimum atomic E-state index is -5.25. The number of oxime groups is 2. The van der Waals surface area contributed by atoms with Crippen molar-refractivity contribution < 1.29 is 87.6 Å². The van der Waals surface area contributed by atoms with Crippen molar-refractivity contribution >= 4 is 31.7 Å². The van der Waals surface area contributed by atoms with Crippen LogP contribution in [-0.4, -0.2) is 53.8 Å². The molecule has 57 heavy (non-hydrogen) atoms. The van der Waals surface area contributed by atoms with Crippen LogP contribution < -0.4 is 9.47 Å². The van der Waals surface area contributed by atoms with E-state index in [1.54, 1.807) is 0 Å². The van der Waals surface area contributed by atoms with Crippen molar-refractivity contribution in [3.05, 3.63) is 119 Å². The topological polar surface area (TPSA) is 130 Å². The summed E-state index contributed by atoms with van der Waals surface area (Å²) < 4.78 is 227. The van der Waals surface area contributed by atoms with Gasteiger partial charge < -0.3 is 9.47 Å². The molecule has 0 amide bonds. The molecule has 0 heterocycles. The summed E-state index contributed by atoms with van der Waals surface area (Å²) in [5, 5.41) is 5.40. The average molecular weight is 867 g/mol. The van der Waals surface area contributed by atoms with Gasteiger partial charge in [0.1, 0.15) is 21.3 Å². The van der Waals surface area contributed by atoms with Crippen LogP contribution in [0.4, 0.5) is 52.7 Å². The third kappa shape index (κ3) is 12.2. The van der Waals surface area contributed by atoms with E-state index in [4.69, 9.17) is 9.47 Å². The molecule has 24 heteroatoms. The summed E-state index contributed by atoms with van der Waals surface area (Å²) in [6.45, 7) is -0.191. The van der Waals surface area contributed by atoms with Gasteiger partial charge in [0.2, 0.25) is 0 Å². The predicted octanol–water partition coefficient (Wildman–Crippen LogP) is 8.92. The molecular formula is C33H22F12N2O8S2. The molecule has 4 rings (SSSR count). The van der Waals surface area contributed by atoms with Crippen molar-refractivity contribution in [2.45, 2.75) is 40.9 Å². The van der Waals surface area contributed by atoms with Crippen LogP contribution in [0, 0.1) is 0 Å². The molecule has 4 aromatic carbocycles. The highest BCUT2D eigenvalue weighted by Gasteiger charge is 2.40. The van der Waals surface area contributed by atoms with Crippen LogP contribution in [0.2, 0.25) is 0 Å². The first-order valence-electron chi connectivity index (χ1n) is 15.3. The number of halogens is 12. The average Bonchev–Trinajstić information content (AvgIpc) is 3.11. The Balaban J connectivity index is 1.32. The molecule has 0 unspecified atom stereocenters. The van der Waals surface area contributed by atoms with Crippen molar-refractivity contribution in [1.29, 1.82) is 0 Å². The van der Waals surface area contributed by atoms with Gasteiger partial charge in [-0.25, -0.2) is 0 Å². The highest BCUT2D eigenvalue weighted by atomic mass is 32.2. The third-order valence-electron chi connectivity index (χ3n) is 7.01. The Morgan fingerprint density at radius 2 is 0.754 bits per heavy atom. The lowest BCUT2D eigenvalue weighted by Gasteiger charge is -2.13. The Morgan fingerprint density at radius 1 is 0.456 bits per heavy atom. The molecule has 0 aliphatic heterocycles. The zero-order valence-corrected chi connectivity index (χ0v) is 29.5. The van der Waals surface area contributed by atoms with E-state index in [0.717, 1.165) is 48.5 Å². The maximum absolute atomic E-state index is 13.7. The maximum atomic E-state index is 13.7. The van der Waals surface area contributed by atoms with E-state index in [2.05, 4.69) is 18.9 Å². The Morgan fingerprint density at radius 3 is 1.02 bits per heavy atom. The van der Waals surface area contributed by atoms with E-state index in [-0.39, 0.29) is 31.1 Å². The first kappa shape index (κ1) is 44.2. The standard InChI is InChI=1S/C33H22F12N2O8S2/c34-30(35,36)22-6-14-26(15-7-22)56(48,49)54-46-28(32(40,41)42)20-2-10-24(11-3-20)52-18-1-19-53-25-12-4-21(5-13-25)29(33(43,44)45)47-55-57(50,51)27-16-8-23(9-17-27)31(37,38)39/h2-17H,1,18-19H2/b46-28-,47-29-. The molecule has 0 bridgehead atoms. The summed E-state index contributed by atoms with van der Waals surface area (Å²) >= 11 is 0. The van der Waals surface area contributed by atoms with Gasteiger partial charge in [-0.1, -0.05) is 10.3 Å². The fraction of sp³-hybridized carbons (Fsp3) is 0.212. The molecule has 0 spiro atoms. The van der Waals surface area contributed by atoms with Gasteiger partial charge in [-0.05, 0) is 97.1 Å². The molecule has 0 aliphatic carbocycles. The number of rotatable bonds is 14. The number of hydrogen-bond acceptors (Lipinski definition) is 10. The maximum Gasteiger partial charge on any atom is 0.437 e. The Kier molecular flexibility index (Phi) is 13.1. The number of hydrogen-bond donors (Lipinski definition) is 0. The molecule has 0 aliphatic rings. The SMILES string of the molecule is O=S(=O)(O/N=C(/c1ccc(OCCCOc2ccc(/C(=N/OS(=O)(=O)c3ccc(C(F)(F)F)cc3)C(F)(F)F)cc2)cc1)C(F)(F)F)c1ccc(C(F)(F)F)cc1. The van der Waals surface area contributed by atoms with Gasteiger partial charge in [-0.15, -0.1) is 0 Å². The van der Waals surface area contributed by atoms with Crippen LogP contribution in [0.1, 0.15) is 28.7 Å². The molecule has 4 aromatic rings. The summed E-state index contributed by atoms with van der Waals surface area (Å²) in [5.41, 5.74) is -7.37. The van der Waals surface area contributed by atoms with Crippen LogP contribution in [0.3, 0.4) is 0 Å². The van der Waals surface area contributed by atoms with Crippen molar-refractivity contribution in [3.63, 3.8) is 0 Å². The van der Waals surface area contributed by atoms with Crippen molar-refractivity contribution in [2.24, 2.45) is 10.3 Å². The van der Waals surface area contributed by atoms with Crippen LogP contribution in [0.15, 0.2) is 117 Å². The molecule has 0 aromatic heterocycles. The molecule has 0 atom stereocenters. The van der Waals surface area contributed by atoms with Gasteiger partial charge in [-0.3, -0.25) is 8.57 Å². The fourth-order valence-electron chi connectivity index (χ4n) is 4.27. The Hall–Kier alpha value is -5.52. The monoisotopic (exact) mass is 866 g/mol. The predicted molar refractivity (Wildman–Crippen MR) is 173 cm³/mol. The second-order valence-corrected chi connectivity index (χ2v) is 14.1. The van der Waals surface area contributed by atoms with Crippen molar-refractivity contribution in [3.8, 4) is 11.5 Å². The quantitative estimate of drug-likeness (QED) is 0.0532. The number of benzene rings is 4. The number of ether oxygens (including phenoxy) is 2. The second kappa shape index (κ2) is 16.9. The molecule has 308 valence electrons. The van der Waals surface area contributed by atoms with Crippen LogP contribution in [0.5, 0.6) is 11.5 Å². The molecule has 0 radical (unpaired) electrons. The third-order valence-corrected chi connectivity index (χ3v) is 9.25. The summed E-state index contributed by atoms with van der Waals surface area (Å²) in [7, 11) is -10.1. The number of alkyl halides is 12. The zero-order chi connectivity index (χ0) is 42.5. The molecule has 10 nitrogen and oxygen atoms in total. The Bertz CT molecular complexity index is 2110. The molecular weight excluding hydrogens is 844 g/mol. The smallest absolute Gasteiger partial charge is 0.437 e. The van der Waals surface area contributed by atoms with Crippen LogP contribution in [0.25, 0.3) is 0 Å². The first-order chi connectivity index (χ1) is 26.3. The van der Waals surface area contributed by atoms with Crippen LogP contribution in [-0.2, 0) is 41.2 Å². The molecule has 0 saturated heterocycles. The van der Waals surface area contributed by atoms with Gasteiger partial charge in [0.15, 0.2) is 11.4 Å². The highest BCUT2D eigenvalue weighted by Crippen LogP contribution is 2.32. The summed E-state index contributed by atoms with van der Waals surface area (Å²) in [5.74, 6) is 0.0638. The lowest BCUT2D eigenvalue weighted by molar-refractivity contribution is -0.138. The largest absolute Gasteiger partial charge is 0.493 e. The van der Waals surface area contributed by atoms with Crippen molar-refractivity contribution in [1.82, 2.24) is 0 Å². The summed E-state index contributed by atoms with van der Waals surface area (Å²) in [4.78, 5) is -1.79. The highest BCUT2D eigenvalue weighted by molar-refractivity contribution is 7.87. The van der Waals surface area contributed by atoms with Gasteiger partial charge in [0.25, 0.3) is 0 Å². The number of nitrogens with zero attached hydrogens (tertiary/aromatic N) is 2. The van der Waals surface area contributed by atoms with Gasteiger partial charge in [-0.2, -0.15) is 69.5 Å². The summed E-state index contributed by atoms with van der Waals surface area (Å²) in [6.07, 6.45) is -20.0. The van der Waals surface area contributed by atoms with Gasteiger partial charge in [0, 0.05) is 17.5 Å². The Labute approximate surface area is 314 Å². The van der Waals surface area contributed by atoms with Gasteiger partial charge in [0.05, 0.1) is 24.3 Å². The van der Waals surface area contributed by atoms with E-state index in [1.807, 2.05) is 0 Å². The normalized spacial score (nSPS) is 13.6. The lowest BCUT2D eigenvalue weighted by Crippen LogP contribution is -2.25. The van der Waals surface area contributed by atoms with E-state index in [9.17, 15) is 69.5 Å². The van der Waals surface area contributed by atoms with E-state index in [0.29, 0.717) is 48.5 Å². The minimum absolute atomic E-state index is 0.0319. The first-order valence-corrected chi connectivity index (χ1v) is 18.1. The van der Waals surface area contributed by atoms with Crippen LogP contribution >= 0.6 is 0 Å². The summed E-state index contributed by atoms with van der Waals surface area (Å²) in [6, 6.07) is 11.2. The zero-order valence-electron chi connectivity index (χ0n) is 27.9. The van der Waals surface area contributed by atoms with Crippen molar-refractivity contribution in [2.75, 3.05) is 13.2 Å². The molecule has 0 N–H and O–H groups in total. The lowest BCUT2D eigenvalue weighted by atomic mass is 10.1. The molecule has 0 fully saturated rings.